The van der Waals surface area contributed by atoms with Gasteiger partial charge >= 0.3 is 6.03 Å². The summed E-state index contributed by atoms with van der Waals surface area (Å²) in [4.78, 5) is 14.6. The fourth-order valence-corrected chi connectivity index (χ4v) is 5.61. The van der Waals surface area contributed by atoms with Crippen molar-refractivity contribution in [2.45, 2.75) is 11.4 Å². The van der Waals surface area contributed by atoms with E-state index in [1.165, 1.54) is 4.31 Å². The second kappa shape index (κ2) is 7.99. The van der Waals surface area contributed by atoms with Crippen LogP contribution in [-0.4, -0.2) is 56.9 Å². The largest absolute Gasteiger partial charge is 0.497 e. The molecular weight excluding hydrogens is 430 g/mol. The minimum Gasteiger partial charge on any atom is -0.497 e. The summed E-state index contributed by atoms with van der Waals surface area (Å²) >= 11 is 0. The maximum absolute atomic E-state index is 13.1. The number of carbonyl (C=O) groups is 1. The van der Waals surface area contributed by atoms with Crippen molar-refractivity contribution in [2.24, 2.45) is 0 Å². The number of rotatable bonds is 5. The van der Waals surface area contributed by atoms with Crippen LogP contribution in [0.2, 0.25) is 0 Å². The van der Waals surface area contributed by atoms with Crippen LogP contribution in [-0.2, 0) is 16.6 Å². The van der Waals surface area contributed by atoms with Crippen molar-refractivity contribution < 1.29 is 22.4 Å². The lowest BCUT2D eigenvalue weighted by Crippen LogP contribution is -2.41. The molecule has 32 heavy (non-hydrogen) atoms. The number of nitrogens with zero attached hydrogens (tertiary/aromatic N) is 2. The Morgan fingerprint density at radius 1 is 1.03 bits per heavy atom. The van der Waals surface area contributed by atoms with Crippen molar-refractivity contribution in [3.63, 3.8) is 0 Å². The van der Waals surface area contributed by atoms with Crippen molar-refractivity contribution in [2.75, 3.05) is 33.3 Å². The van der Waals surface area contributed by atoms with Gasteiger partial charge in [-0.15, -0.1) is 0 Å². The summed E-state index contributed by atoms with van der Waals surface area (Å²) in [5.74, 6) is 0.768. The predicted molar refractivity (Wildman–Crippen MR) is 119 cm³/mol. The van der Waals surface area contributed by atoms with E-state index in [9.17, 15) is 13.2 Å². The molecule has 0 unspecified atom stereocenters. The fraction of sp³-hybridized carbons (Fsp3) is 0.261. The highest BCUT2D eigenvalue weighted by atomic mass is 32.2. The molecular formula is C23H23N3O5S. The topological polar surface area (TPSA) is 92.1 Å². The summed E-state index contributed by atoms with van der Waals surface area (Å²) in [6.07, 6.45) is 1.54. The number of hydrogen-bond acceptors (Lipinski definition) is 5. The Morgan fingerprint density at radius 2 is 1.75 bits per heavy atom. The van der Waals surface area contributed by atoms with Crippen molar-refractivity contribution in [3.05, 3.63) is 71.5 Å². The Hall–Kier alpha value is -3.30. The van der Waals surface area contributed by atoms with E-state index in [4.69, 9.17) is 9.15 Å². The number of methoxy groups -OCH3 is 1. The summed E-state index contributed by atoms with van der Waals surface area (Å²) in [5, 5.41) is 3.68. The molecule has 8 nitrogen and oxygen atoms in total. The van der Waals surface area contributed by atoms with Gasteiger partial charge in [0.05, 0.1) is 18.3 Å². The first kappa shape index (κ1) is 20.6. The van der Waals surface area contributed by atoms with E-state index in [1.807, 2.05) is 24.3 Å². The second-order valence-electron chi connectivity index (χ2n) is 7.96. The maximum atomic E-state index is 13.1. The molecule has 166 valence electrons. The Bertz CT molecular complexity index is 1290. The summed E-state index contributed by atoms with van der Waals surface area (Å²) in [7, 11) is -2.01. The van der Waals surface area contributed by atoms with Crippen molar-refractivity contribution in [1.29, 1.82) is 0 Å². The van der Waals surface area contributed by atoms with Gasteiger partial charge in [0.2, 0.25) is 10.0 Å². The van der Waals surface area contributed by atoms with Crippen molar-refractivity contribution in [3.8, 4) is 5.75 Å². The minimum atomic E-state index is -3.62. The first-order valence-electron chi connectivity index (χ1n) is 10.3. The predicted octanol–water partition coefficient (Wildman–Crippen LogP) is 2.97. The quantitative estimate of drug-likeness (QED) is 0.600. The number of hydrogen-bond donors (Lipinski definition) is 1. The Balaban J connectivity index is 1.18. The molecule has 3 heterocycles. The standard InChI is InChI=1S/C23H23N3O5S/c1-30-20-4-2-16(3-5-20)11-24-23(27)25-12-18-14-26(15-19(18)13-25)32(28,29)21-6-7-22-17(10-21)8-9-31-22/h2-10H,11-15H2,1H3,(H,24,27). The number of carbonyl (C=O) groups excluding carboxylic acids is 1. The smallest absolute Gasteiger partial charge is 0.318 e. The van der Waals surface area contributed by atoms with E-state index in [2.05, 4.69) is 5.32 Å². The lowest BCUT2D eigenvalue weighted by atomic mass is 10.2. The van der Waals surface area contributed by atoms with E-state index < -0.39 is 10.0 Å². The van der Waals surface area contributed by atoms with Crippen LogP contribution in [0.25, 0.3) is 11.0 Å². The third-order valence-corrected chi connectivity index (χ3v) is 7.74. The molecule has 0 aliphatic carbocycles. The monoisotopic (exact) mass is 453 g/mol. The van der Waals surface area contributed by atoms with E-state index in [0.29, 0.717) is 38.3 Å². The first-order valence-corrected chi connectivity index (χ1v) is 11.7. The number of sulfonamides is 1. The second-order valence-corrected chi connectivity index (χ2v) is 9.90. The van der Waals surface area contributed by atoms with Crippen molar-refractivity contribution in [1.82, 2.24) is 14.5 Å². The van der Waals surface area contributed by atoms with Crippen LogP contribution in [0.4, 0.5) is 4.79 Å². The van der Waals surface area contributed by atoms with Crippen LogP contribution in [0.3, 0.4) is 0 Å². The molecule has 0 bridgehead atoms. The summed E-state index contributed by atoms with van der Waals surface area (Å²) in [6, 6.07) is 14.0. The molecule has 2 aliphatic heterocycles. The number of benzene rings is 2. The zero-order valence-electron chi connectivity index (χ0n) is 17.6. The van der Waals surface area contributed by atoms with Gasteiger partial charge in [-0.25, -0.2) is 13.2 Å². The summed E-state index contributed by atoms with van der Waals surface area (Å²) in [5.41, 5.74) is 3.63. The highest BCUT2D eigenvalue weighted by Gasteiger charge is 2.37. The van der Waals surface area contributed by atoms with Crippen molar-refractivity contribution >= 4 is 27.0 Å². The van der Waals surface area contributed by atoms with Crippen LogP contribution in [0.1, 0.15) is 5.56 Å². The Labute approximate surface area is 186 Å². The molecule has 0 radical (unpaired) electrons. The molecule has 0 atom stereocenters. The van der Waals surface area contributed by atoms with Gasteiger partial charge in [0.25, 0.3) is 0 Å². The molecule has 1 N–H and O–H groups in total. The highest BCUT2D eigenvalue weighted by molar-refractivity contribution is 7.89. The van der Waals surface area contributed by atoms with Crippen LogP contribution in [0.15, 0.2) is 75.3 Å². The molecule has 0 saturated heterocycles. The van der Waals surface area contributed by atoms with Crippen LogP contribution >= 0.6 is 0 Å². The van der Waals surface area contributed by atoms with Gasteiger partial charge in [0.15, 0.2) is 0 Å². The van der Waals surface area contributed by atoms with Gasteiger partial charge < -0.3 is 19.4 Å². The van der Waals surface area contributed by atoms with Gasteiger partial charge in [-0.3, -0.25) is 0 Å². The molecule has 2 aromatic carbocycles. The van der Waals surface area contributed by atoms with E-state index >= 15 is 0 Å². The molecule has 9 heteroatoms. The zero-order chi connectivity index (χ0) is 22.3. The van der Waals surface area contributed by atoms with Gasteiger partial charge in [0.1, 0.15) is 11.3 Å². The lowest BCUT2D eigenvalue weighted by molar-refractivity contribution is 0.208. The molecule has 1 aromatic heterocycles. The number of ether oxygens (including phenoxy) is 1. The molecule has 3 aromatic rings. The lowest BCUT2D eigenvalue weighted by Gasteiger charge is -2.23. The average molecular weight is 454 g/mol. The molecule has 0 fully saturated rings. The Kier molecular flexibility index (Phi) is 5.15. The first-order chi connectivity index (χ1) is 15.4. The molecule has 0 spiro atoms. The number of amides is 2. The van der Waals surface area contributed by atoms with Crippen LogP contribution < -0.4 is 10.1 Å². The molecule has 2 aliphatic rings. The third-order valence-electron chi connectivity index (χ3n) is 5.95. The van der Waals surface area contributed by atoms with Crippen LogP contribution in [0.5, 0.6) is 5.75 Å². The van der Waals surface area contributed by atoms with E-state index in [-0.39, 0.29) is 10.9 Å². The fourth-order valence-electron chi connectivity index (χ4n) is 4.15. The summed E-state index contributed by atoms with van der Waals surface area (Å²) < 4.78 is 38.2. The Morgan fingerprint density at radius 3 is 2.44 bits per heavy atom. The minimum absolute atomic E-state index is 0.157. The van der Waals surface area contributed by atoms with Gasteiger partial charge in [0, 0.05) is 38.1 Å². The van der Waals surface area contributed by atoms with Crippen LogP contribution in [0, 0.1) is 0 Å². The number of nitrogens with one attached hydrogen (secondary N) is 1. The normalized spacial score (nSPS) is 16.6. The molecule has 5 rings (SSSR count). The molecule has 0 saturated carbocycles. The van der Waals surface area contributed by atoms with Gasteiger partial charge in [-0.2, -0.15) is 4.31 Å². The van der Waals surface area contributed by atoms with E-state index in [0.717, 1.165) is 27.8 Å². The van der Waals surface area contributed by atoms with Gasteiger partial charge in [-0.05, 0) is 53.1 Å². The average Bonchev–Trinajstić information content (AvgIpc) is 3.52. The number of urea groups is 1. The SMILES string of the molecule is COc1ccc(CNC(=O)N2CC3=C(C2)CN(S(=O)(=O)c2ccc4occc4c2)C3)cc1. The maximum Gasteiger partial charge on any atom is 0.318 e. The number of fused-ring (bicyclic) bond motifs is 1. The van der Waals surface area contributed by atoms with Gasteiger partial charge in [-0.1, -0.05) is 12.1 Å². The third kappa shape index (κ3) is 3.74. The molecule has 2 amide bonds. The summed E-state index contributed by atoms with van der Waals surface area (Å²) in [6.45, 7) is 1.92. The van der Waals surface area contributed by atoms with E-state index in [1.54, 1.807) is 42.5 Å². The highest BCUT2D eigenvalue weighted by Crippen LogP contribution is 2.31. The number of furan rings is 1. The zero-order valence-corrected chi connectivity index (χ0v) is 18.4.